The fraction of sp³-hybridized carbons (Fsp3) is 0.360. The third-order valence-electron chi connectivity index (χ3n) is 6.87. The van der Waals surface area contributed by atoms with Crippen LogP contribution in [0.4, 0.5) is 23.1 Å². The Morgan fingerprint density at radius 3 is 2.38 bits per heavy atom. The number of aliphatic carboxylic acids is 1. The average molecular weight is 462 g/mol. The van der Waals surface area contributed by atoms with Gasteiger partial charge in [0.15, 0.2) is 0 Å². The van der Waals surface area contributed by atoms with Gasteiger partial charge in [-0.25, -0.2) is 0 Å². The lowest BCUT2D eigenvalue weighted by molar-refractivity contribution is -0.140. The minimum atomic E-state index is -0.687. The van der Waals surface area contributed by atoms with Crippen molar-refractivity contribution >= 4 is 35.0 Å². The first kappa shape index (κ1) is 21.9. The molecule has 0 atom stereocenters. The number of aromatic nitrogens is 2. The van der Waals surface area contributed by atoms with E-state index in [4.69, 9.17) is 9.52 Å². The number of benzene rings is 2. The van der Waals surface area contributed by atoms with Crippen molar-refractivity contribution in [2.24, 2.45) is 11.3 Å². The number of carboxylic acids is 1. The summed E-state index contributed by atoms with van der Waals surface area (Å²) in [5.74, 6) is -0.934. The normalized spacial score (nSPS) is 17.2. The number of carboxylic acid groups (broad SMARTS) is 1. The number of hydrogen-bond acceptors (Lipinski definition) is 7. The molecule has 1 saturated heterocycles. The summed E-state index contributed by atoms with van der Waals surface area (Å²) in [5, 5.41) is 22.4. The van der Waals surface area contributed by atoms with Crippen LogP contribution in [0.25, 0.3) is 0 Å². The van der Waals surface area contributed by atoms with Gasteiger partial charge < -0.3 is 25.1 Å². The number of rotatable bonds is 7. The van der Waals surface area contributed by atoms with Gasteiger partial charge in [-0.2, -0.15) is 0 Å². The summed E-state index contributed by atoms with van der Waals surface area (Å²) in [7, 11) is 0. The molecule has 2 heterocycles. The van der Waals surface area contributed by atoms with E-state index in [0.29, 0.717) is 23.4 Å². The number of carbonyl (C=O) groups excluding carboxylic acids is 1. The quantitative estimate of drug-likeness (QED) is 0.469. The molecule has 9 nitrogen and oxygen atoms in total. The molecule has 3 N–H and O–H groups in total. The van der Waals surface area contributed by atoms with Crippen LogP contribution in [0.5, 0.6) is 0 Å². The maximum atomic E-state index is 12.5. The zero-order chi connectivity index (χ0) is 23.5. The highest BCUT2D eigenvalue weighted by Gasteiger charge is 2.46. The first-order valence-corrected chi connectivity index (χ1v) is 11.5. The zero-order valence-corrected chi connectivity index (χ0v) is 18.7. The molecule has 3 aromatic rings. The molecule has 2 fully saturated rings. The van der Waals surface area contributed by atoms with Crippen LogP contribution in [0.2, 0.25) is 0 Å². The molecule has 0 unspecified atom stereocenters. The van der Waals surface area contributed by atoms with Gasteiger partial charge in [-0.3, -0.25) is 9.59 Å². The third-order valence-corrected chi connectivity index (χ3v) is 6.87. The van der Waals surface area contributed by atoms with E-state index in [1.165, 1.54) is 0 Å². The zero-order valence-electron chi connectivity index (χ0n) is 18.7. The fourth-order valence-electron chi connectivity index (χ4n) is 5.15. The van der Waals surface area contributed by atoms with Gasteiger partial charge in [0.05, 0.1) is 0 Å². The summed E-state index contributed by atoms with van der Waals surface area (Å²) < 4.78 is 5.42. The molecule has 1 saturated carbocycles. The number of para-hydroxylation sites is 1. The molecular weight excluding hydrogens is 434 g/mol. The van der Waals surface area contributed by atoms with Crippen LogP contribution >= 0.6 is 0 Å². The van der Waals surface area contributed by atoms with E-state index >= 15 is 0 Å². The number of piperidine rings is 1. The van der Waals surface area contributed by atoms with Crippen LogP contribution in [0.3, 0.4) is 0 Å². The standard InChI is InChI=1S/C25H27N5O4/c31-21(32)14-17-15-25(16-17)10-12-30(13-11-25)20-8-6-19(7-9-20)26-22(33)23-28-29-24(34-23)27-18-4-2-1-3-5-18/h1-9,17H,10-16H2,(H,26,33)(H,27,29)(H,31,32). The molecule has 176 valence electrons. The molecule has 1 amide bonds. The average Bonchev–Trinajstić information content (AvgIpc) is 3.28. The molecule has 1 spiro atoms. The van der Waals surface area contributed by atoms with Gasteiger partial charge in [-0.15, -0.1) is 5.10 Å². The second kappa shape index (κ2) is 9.17. The van der Waals surface area contributed by atoms with E-state index < -0.39 is 11.9 Å². The minimum Gasteiger partial charge on any atom is -0.481 e. The summed E-state index contributed by atoms with van der Waals surface area (Å²) in [6.07, 6.45) is 4.57. The lowest BCUT2D eigenvalue weighted by atomic mass is 9.57. The molecule has 5 rings (SSSR count). The smallest absolute Gasteiger partial charge is 0.320 e. The van der Waals surface area contributed by atoms with Crippen molar-refractivity contribution in [1.29, 1.82) is 0 Å². The van der Waals surface area contributed by atoms with Crippen molar-refractivity contribution in [3.05, 3.63) is 60.5 Å². The van der Waals surface area contributed by atoms with Crippen molar-refractivity contribution in [3.8, 4) is 0 Å². The summed E-state index contributed by atoms with van der Waals surface area (Å²) in [5.41, 5.74) is 2.88. The molecular formula is C25H27N5O4. The predicted octanol–water partition coefficient (Wildman–Crippen LogP) is 4.54. The summed E-state index contributed by atoms with van der Waals surface area (Å²) in [6.45, 7) is 1.93. The van der Waals surface area contributed by atoms with Crippen molar-refractivity contribution < 1.29 is 19.1 Å². The predicted molar refractivity (Wildman–Crippen MR) is 127 cm³/mol. The highest BCUT2D eigenvalue weighted by atomic mass is 16.4. The molecule has 0 bridgehead atoms. The monoisotopic (exact) mass is 461 g/mol. The van der Waals surface area contributed by atoms with Crippen LogP contribution in [0, 0.1) is 11.3 Å². The number of carbonyl (C=O) groups is 2. The SMILES string of the molecule is O=C(O)CC1CC2(CCN(c3ccc(NC(=O)c4nnc(Nc5ccccc5)o4)cc3)CC2)C1. The largest absolute Gasteiger partial charge is 0.481 e. The fourth-order valence-corrected chi connectivity index (χ4v) is 5.15. The van der Waals surface area contributed by atoms with E-state index in [-0.39, 0.29) is 11.9 Å². The Balaban J connectivity index is 1.12. The van der Waals surface area contributed by atoms with Crippen molar-refractivity contribution in [2.75, 3.05) is 28.6 Å². The van der Waals surface area contributed by atoms with Gasteiger partial charge in [0, 0.05) is 36.6 Å². The van der Waals surface area contributed by atoms with Crippen LogP contribution in [0.15, 0.2) is 59.0 Å². The Morgan fingerprint density at radius 1 is 1.00 bits per heavy atom. The number of hydrogen-bond donors (Lipinski definition) is 3. The lowest BCUT2D eigenvalue weighted by Gasteiger charge is -2.52. The Kier molecular flexibility index (Phi) is 5.91. The van der Waals surface area contributed by atoms with E-state index in [2.05, 4.69) is 25.7 Å². The van der Waals surface area contributed by atoms with Crippen molar-refractivity contribution in [1.82, 2.24) is 10.2 Å². The maximum Gasteiger partial charge on any atom is 0.320 e. The van der Waals surface area contributed by atoms with Crippen LogP contribution in [-0.4, -0.2) is 40.3 Å². The Labute approximate surface area is 197 Å². The minimum absolute atomic E-state index is 0.120. The van der Waals surface area contributed by atoms with Crippen LogP contribution in [0.1, 0.15) is 42.8 Å². The first-order chi connectivity index (χ1) is 16.5. The first-order valence-electron chi connectivity index (χ1n) is 11.5. The molecule has 1 aromatic heterocycles. The number of anilines is 4. The van der Waals surface area contributed by atoms with Crippen molar-refractivity contribution in [3.63, 3.8) is 0 Å². The molecule has 2 aromatic carbocycles. The molecule has 2 aliphatic rings. The highest BCUT2D eigenvalue weighted by Crippen LogP contribution is 2.53. The van der Waals surface area contributed by atoms with Crippen LogP contribution < -0.4 is 15.5 Å². The third kappa shape index (κ3) is 4.88. The van der Waals surface area contributed by atoms with E-state index in [1.807, 2.05) is 54.6 Å². The number of amides is 1. The van der Waals surface area contributed by atoms with E-state index in [1.54, 1.807) is 0 Å². The Morgan fingerprint density at radius 2 is 1.71 bits per heavy atom. The van der Waals surface area contributed by atoms with Gasteiger partial charge >= 0.3 is 23.8 Å². The molecule has 1 aliphatic carbocycles. The van der Waals surface area contributed by atoms with Gasteiger partial charge in [-0.05, 0) is 73.4 Å². The molecule has 34 heavy (non-hydrogen) atoms. The second-order valence-corrected chi connectivity index (χ2v) is 9.26. The van der Waals surface area contributed by atoms with Crippen molar-refractivity contribution in [2.45, 2.75) is 32.1 Å². The number of nitrogens with one attached hydrogen (secondary N) is 2. The summed E-state index contributed by atoms with van der Waals surface area (Å²) in [6, 6.07) is 17.2. The van der Waals surface area contributed by atoms with Gasteiger partial charge in [0.1, 0.15) is 0 Å². The highest BCUT2D eigenvalue weighted by molar-refractivity contribution is 6.01. The molecule has 0 radical (unpaired) electrons. The summed E-state index contributed by atoms with van der Waals surface area (Å²) >= 11 is 0. The summed E-state index contributed by atoms with van der Waals surface area (Å²) in [4.78, 5) is 25.7. The Hall–Kier alpha value is -3.88. The maximum absolute atomic E-state index is 12.5. The number of nitrogens with zero attached hydrogens (tertiary/aromatic N) is 3. The van der Waals surface area contributed by atoms with Gasteiger partial charge in [0.25, 0.3) is 0 Å². The van der Waals surface area contributed by atoms with Gasteiger partial charge in [0.2, 0.25) is 0 Å². The Bertz CT molecular complexity index is 1150. The molecule has 1 aliphatic heterocycles. The molecule has 9 heteroatoms. The van der Waals surface area contributed by atoms with Crippen LogP contribution in [-0.2, 0) is 4.79 Å². The lowest BCUT2D eigenvalue weighted by Crippen LogP contribution is -2.47. The van der Waals surface area contributed by atoms with E-state index in [0.717, 1.165) is 50.1 Å². The topological polar surface area (TPSA) is 121 Å². The van der Waals surface area contributed by atoms with Gasteiger partial charge in [-0.1, -0.05) is 23.3 Å². The van der Waals surface area contributed by atoms with E-state index in [9.17, 15) is 9.59 Å². The second-order valence-electron chi connectivity index (χ2n) is 9.26.